The lowest BCUT2D eigenvalue weighted by molar-refractivity contribution is -0.111. The first-order valence-electron chi connectivity index (χ1n) is 12.7. The Morgan fingerprint density at radius 1 is 1.08 bits per heavy atom. The Hall–Kier alpha value is -4.44. The molecular weight excluding hydrogens is 496 g/mol. The molecule has 0 spiro atoms. The predicted octanol–water partition coefficient (Wildman–Crippen LogP) is 4.12. The summed E-state index contributed by atoms with van der Waals surface area (Å²) >= 11 is 0. The molecule has 0 atom stereocenters. The summed E-state index contributed by atoms with van der Waals surface area (Å²) in [6.45, 7) is 5.10. The topological polar surface area (TPSA) is 109 Å². The van der Waals surface area contributed by atoms with Crippen LogP contribution < -0.4 is 25.0 Å². The van der Waals surface area contributed by atoms with E-state index in [1.54, 1.807) is 43.5 Å². The molecule has 204 valence electrons. The highest BCUT2D eigenvalue weighted by Crippen LogP contribution is 2.38. The Morgan fingerprint density at radius 2 is 1.82 bits per heavy atom. The highest BCUT2D eigenvalue weighted by Gasteiger charge is 2.23. The van der Waals surface area contributed by atoms with Gasteiger partial charge in [-0.1, -0.05) is 6.58 Å². The number of carbonyl (C=O) groups excluding carboxylic acids is 2. The number of amides is 1. The number of methoxy groups -OCH3 is 1. The molecule has 1 aliphatic carbocycles. The van der Waals surface area contributed by atoms with Gasteiger partial charge in [-0.25, -0.2) is 9.97 Å². The third-order valence-electron chi connectivity index (χ3n) is 6.13. The summed E-state index contributed by atoms with van der Waals surface area (Å²) in [5.41, 5.74) is 2.59. The SMILES string of the molecule is C=CC(=O)Nc1cc(Nc2nccc(C(=O)c3ccc(OC4CC4)cc3)n2)c(OC)cc1N(C)CCN(C)C. The summed E-state index contributed by atoms with van der Waals surface area (Å²) in [4.78, 5) is 38.1. The van der Waals surface area contributed by atoms with Crippen LogP contribution in [0.15, 0.2) is 61.3 Å². The van der Waals surface area contributed by atoms with E-state index in [1.165, 1.54) is 12.3 Å². The maximum absolute atomic E-state index is 13.1. The van der Waals surface area contributed by atoms with E-state index in [2.05, 4.69) is 32.1 Å². The quantitative estimate of drug-likeness (QED) is 0.249. The highest BCUT2D eigenvalue weighted by atomic mass is 16.5. The number of hydrogen-bond donors (Lipinski definition) is 2. The van der Waals surface area contributed by atoms with Crippen molar-refractivity contribution < 1.29 is 19.1 Å². The fourth-order valence-electron chi connectivity index (χ4n) is 3.78. The second-order valence-electron chi connectivity index (χ2n) is 9.55. The molecule has 1 saturated carbocycles. The number of anilines is 4. The Morgan fingerprint density at radius 3 is 2.46 bits per heavy atom. The molecule has 1 fully saturated rings. The van der Waals surface area contributed by atoms with Crippen LogP contribution >= 0.6 is 0 Å². The van der Waals surface area contributed by atoms with Gasteiger partial charge in [0, 0.05) is 38.0 Å². The van der Waals surface area contributed by atoms with E-state index in [9.17, 15) is 9.59 Å². The van der Waals surface area contributed by atoms with Crippen LogP contribution in [-0.2, 0) is 4.79 Å². The van der Waals surface area contributed by atoms with E-state index in [0.717, 1.165) is 37.4 Å². The molecule has 0 saturated heterocycles. The predicted molar refractivity (Wildman–Crippen MR) is 152 cm³/mol. The molecule has 2 N–H and O–H groups in total. The maximum atomic E-state index is 13.1. The maximum Gasteiger partial charge on any atom is 0.247 e. The Labute approximate surface area is 228 Å². The molecule has 1 heterocycles. The highest BCUT2D eigenvalue weighted by molar-refractivity contribution is 6.08. The molecule has 10 nitrogen and oxygen atoms in total. The molecular formula is C29H34N6O4. The number of rotatable bonds is 13. The van der Waals surface area contributed by atoms with Crippen molar-refractivity contribution in [2.24, 2.45) is 0 Å². The summed E-state index contributed by atoms with van der Waals surface area (Å²) in [5, 5.41) is 6.00. The number of aromatic nitrogens is 2. The Kier molecular flexibility index (Phi) is 8.77. The molecule has 1 amide bonds. The van der Waals surface area contributed by atoms with Crippen molar-refractivity contribution in [3.63, 3.8) is 0 Å². The minimum atomic E-state index is -0.342. The molecule has 0 radical (unpaired) electrons. The minimum absolute atomic E-state index is 0.211. The zero-order chi connectivity index (χ0) is 27.9. The van der Waals surface area contributed by atoms with Gasteiger partial charge in [0.05, 0.1) is 30.3 Å². The van der Waals surface area contributed by atoms with Gasteiger partial charge in [0.25, 0.3) is 0 Å². The van der Waals surface area contributed by atoms with Gasteiger partial charge in [0.1, 0.15) is 17.2 Å². The zero-order valence-electron chi connectivity index (χ0n) is 22.7. The van der Waals surface area contributed by atoms with Gasteiger partial charge < -0.3 is 29.9 Å². The first kappa shape index (κ1) is 27.6. The van der Waals surface area contributed by atoms with Crippen LogP contribution in [0.1, 0.15) is 28.9 Å². The summed E-state index contributed by atoms with van der Waals surface area (Å²) < 4.78 is 11.4. The van der Waals surface area contributed by atoms with Crippen molar-refractivity contribution in [1.82, 2.24) is 14.9 Å². The van der Waals surface area contributed by atoms with Gasteiger partial charge in [-0.3, -0.25) is 9.59 Å². The molecule has 2 aromatic carbocycles. The summed E-state index contributed by atoms with van der Waals surface area (Å²) in [6, 6.07) is 12.2. The van der Waals surface area contributed by atoms with Gasteiger partial charge in [-0.2, -0.15) is 0 Å². The first-order chi connectivity index (χ1) is 18.8. The number of ketones is 1. The van der Waals surface area contributed by atoms with E-state index in [1.807, 2.05) is 32.1 Å². The van der Waals surface area contributed by atoms with Crippen molar-refractivity contribution in [3.05, 3.63) is 72.6 Å². The van der Waals surface area contributed by atoms with Crippen LogP contribution in [0.5, 0.6) is 11.5 Å². The van der Waals surface area contributed by atoms with Crippen LogP contribution in [0.3, 0.4) is 0 Å². The second kappa shape index (κ2) is 12.4. The van der Waals surface area contributed by atoms with Gasteiger partial charge >= 0.3 is 0 Å². The molecule has 0 unspecified atom stereocenters. The van der Waals surface area contributed by atoms with Crippen molar-refractivity contribution in [2.75, 3.05) is 56.9 Å². The lowest BCUT2D eigenvalue weighted by Gasteiger charge is -2.26. The molecule has 0 aliphatic heterocycles. The lowest BCUT2D eigenvalue weighted by Crippen LogP contribution is -2.29. The van der Waals surface area contributed by atoms with Crippen LogP contribution in [0.4, 0.5) is 23.0 Å². The Balaban J connectivity index is 1.58. The molecule has 0 bridgehead atoms. The number of nitrogens with one attached hydrogen (secondary N) is 2. The number of nitrogens with zero attached hydrogens (tertiary/aromatic N) is 4. The van der Waals surface area contributed by atoms with E-state index < -0.39 is 0 Å². The molecule has 1 aliphatic rings. The van der Waals surface area contributed by atoms with Crippen LogP contribution in [0.2, 0.25) is 0 Å². The van der Waals surface area contributed by atoms with E-state index >= 15 is 0 Å². The monoisotopic (exact) mass is 530 g/mol. The fourth-order valence-corrected chi connectivity index (χ4v) is 3.78. The second-order valence-corrected chi connectivity index (χ2v) is 9.55. The normalized spacial score (nSPS) is 12.5. The van der Waals surface area contributed by atoms with Crippen molar-refractivity contribution >= 4 is 34.7 Å². The van der Waals surface area contributed by atoms with E-state index in [0.29, 0.717) is 22.7 Å². The standard InChI is InChI=1S/C29H34N6O4/c1-6-27(36)31-23-17-24(26(38-5)18-25(23)35(4)16-15-34(2)3)33-29-30-14-13-22(32-29)28(37)19-7-9-20(10-8-19)39-21-11-12-21/h6-10,13-14,17-18,21H,1,11-12,15-16H2,2-5H3,(H,31,36)(H,30,32,33). The Bertz CT molecular complexity index is 1340. The van der Waals surface area contributed by atoms with Gasteiger partial charge in [-0.15, -0.1) is 0 Å². The van der Waals surface area contributed by atoms with Crippen molar-refractivity contribution in [2.45, 2.75) is 18.9 Å². The van der Waals surface area contributed by atoms with Crippen LogP contribution in [0, 0.1) is 0 Å². The van der Waals surface area contributed by atoms with Gasteiger partial charge in [-0.05, 0) is 69.4 Å². The summed E-state index contributed by atoms with van der Waals surface area (Å²) in [5.74, 6) is 0.904. The number of carbonyl (C=O) groups is 2. The number of benzene rings is 2. The van der Waals surface area contributed by atoms with Gasteiger partial charge in [0.15, 0.2) is 0 Å². The van der Waals surface area contributed by atoms with E-state index in [-0.39, 0.29) is 29.4 Å². The fraction of sp³-hybridized carbons (Fsp3) is 0.310. The largest absolute Gasteiger partial charge is 0.494 e. The molecule has 10 heteroatoms. The average Bonchev–Trinajstić information content (AvgIpc) is 3.76. The minimum Gasteiger partial charge on any atom is -0.494 e. The van der Waals surface area contributed by atoms with Crippen molar-refractivity contribution in [1.29, 1.82) is 0 Å². The molecule has 3 aromatic rings. The van der Waals surface area contributed by atoms with Crippen LogP contribution in [-0.4, -0.2) is 74.0 Å². The number of hydrogen-bond acceptors (Lipinski definition) is 9. The van der Waals surface area contributed by atoms with Gasteiger partial charge in [0.2, 0.25) is 17.6 Å². The lowest BCUT2D eigenvalue weighted by atomic mass is 10.1. The third kappa shape index (κ3) is 7.32. The first-order valence-corrected chi connectivity index (χ1v) is 12.7. The molecule has 4 rings (SSSR count). The number of likely N-dealkylation sites (N-methyl/N-ethyl adjacent to an activating group) is 2. The molecule has 1 aromatic heterocycles. The summed E-state index contributed by atoms with van der Waals surface area (Å²) in [7, 11) is 7.50. The van der Waals surface area contributed by atoms with E-state index in [4.69, 9.17) is 9.47 Å². The summed E-state index contributed by atoms with van der Waals surface area (Å²) in [6.07, 6.45) is 5.16. The zero-order valence-corrected chi connectivity index (χ0v) is 22.7. The number of ether oxygens (including phenoxy) is 2. The van der Waals surface area contributed by atoms with Crippen molar-refractivity contribution in [3.8, 4) is 11.5 Å². The average molecular weight is 531 g/mol. The smallest absolute Gasteiger partial charge is 0.247 e. The van der Waals surface area contributed by atoms with Crippen LogP contribution in [0.25, 0.3) is 0 Å². The molecule has 39 heavy (non-hydrogen) atoms. The third-order valence-corrected chi connectivity index (χ3v) is 6.13.